The predicted molar refractivity (Wildman–Crippen MR) is 87.1 cm³/mol. The molecule has 0 spiro atoms. The summed E-state index contributed by atoms with van der Waals surface area (Å²) in [6.45, 7) is 4.11. The van der Waals surface area contributed by atoms with Crippen LogP contribution in [-0.2, 0) is 19.3 Å². The Kier molecular flexibility index (Phi) is 3.98. The molecule has 1 atom stereocenters. The fourth-order valence-electron chi connectivity index (χ4n) is 2.99. The Morgan fingerprint density at radius 3 is 2.71 bits per heavy atom. The van der Waals surface area contributed by atoms with E-state index in [0.717, 1.165) is 23.5 Å². The van der Waals surface area contributed by atoms with Gasteiger partial charge in [-0.1, -0.05) is 18.2 Å². The minimum Gasteiger partial charge on any atom is -0.457 e. The molecule has 1 unspecified atom stereocenters. The Balaban J connectivity index is 1.83. The molecule has 0 saturated heterocycles. The van der Waals surface area contributed by atoms with Crippen LogP contribution in [0.25, 0.3) is 0 Å². The number of hydrogen-bond acceptors (Lipinski definition) is 2. The summed E-state index contributed by atoms with van der Waals surface area (Å²) in [4.78, 5) is 0. The monoisotopic (exact) mass is 281 g/mol. The van der Waals surface area contributed by atoms with Crippen molar-refractivity contribution in [3.05, 3.63) is 58.7 Å². The molecule has 0 saturated carbocycles. The van der Waals surface area contributed by atoms with Crippen molar-refractivity contribution in [3.63, 3.8) is 0 Å². The van der Waals surface area contributed by atoms with Gasteiger partial charge in [-0.15, -0.1) is 0 Å². The molecule has 0 aliphatic heterocycles. The summed E-state index contributed by atoms with van der Waals surface area (Å²) in [5, 5.41) is 0. The molecule has 21 heavy (non-hydrogen) atoms. The zero-order chi connectivity index (χ0) is 14.8. The van der Waals surface area contributed by atoms with Crippen LogP contribution in [0.1, 0.15) is 35.6 Å². The van der Waals surface area contributed by atoms with Gasteiger partial charge in [0.05, 0.1) is 0 Å². The molecule has 2 aromatic carbocycles. The SMILES string of the molecule is Cc1ccc(CC(C)N)cc1Oc1ccc2c(c1)CCC2. The van der Waals surface area contributed by atoms with E-state index in [1.807, 2.05) is 6.92 Å². The Bertz CT molecular complexity index is 646. The third kappa shape index (κ3) is 3.27. The quantitative estimate of drug-likeness (QED) is 0.913. The highest BCUT2D eigenvalue weighted by Gasteiger charge is 2.12. The molecule has 0 amide bonds. The minimum absolute atomic E-state index is 0.167. The second-order valence-electron chi connectivity index (χ2n) is 6.17. The third-order valence-electron chi connectivity index (χ3n) is 4.11. The van der Waals surface area contributed by atoms with E-state index in [-0.39, 0.29) is 6.04 Å². The van der Waals surface area contributed by atoms with E-state index in [1.165, 1.54) is 36.0 Å². The van der Waals surface area contributed by atoms with Crippen molar-refractivity contribution in [1.82, 2.24) is 0 Å². The van der Waals surface area contributed by atoms with Crippen molar-refractivity contribution >= 4 is 0 Å². The third-order valence-corrected chi connectivity index (χ3v) is 4.11. The van der Waals surface area contributed by atoms with Crippen LogP contribution in [0.5, 0.6) is 11.5 Å². The molecule has 0 bridgehead atoms. The number of aryl methyl sites for hydroxylation is 3. The molecule has 0 fully saturated rings. The molecule has 110 valence electrons. The van der Waals surface area contributed by atoms with E-state index in [4.69, 9.17) is 10.5 Å². The van der Waals surface area contributed by atoms with Gasteiger partial charge >= 0.3 is 0 Å². The van der Waals surface area contributed by atoms with Gasteiger partial charge < -0.3 is 10.5 Å². The fraction of sp³-hybridized carbons (Fsp3) is 0.368. The number of ether oxygens (including phenoxy) is 1. The van der Waals surface area contributed by atoms with E-state index in [1.54, 1.807) is 0 Å². The standard InChI is InChI=1S/C19H23NO/c1-13-6-7-15(10-14(2)20)11-19(13)21-18-9-8-16-4-3-5-17(16)12-18/h6-9,11-12,14H,3-5,10,20H2,1-2H3. The van der Waals surface area contributed by atoms with Gasteiger partial charge in [0, 0.05) is 6.04 Å². The molecule has 2 heteroatoms. The first-order chi connectivity index (χ1) is 10.1. The maximum atomic E-state index is 6.12. The zero-order valence-electron chi connectivity index (χ0n) is 12.9. The number of hydrogen-bond donors (Lipinski definition) is 1. The van der Waals surface area contributed by atoms with Gasteiger partial charge in [0.2, 0.25) is 0 Å². The lowest BCUT2D eigenvalue weighted by molar-refractivity contribution is 0.477. The average molecular weight is 281 g/mol. The van der Waals surface area contributed by atoms with Gasteiger partial charge in [-0.3, -0.25) is 0 Å². The summed E-state index contributed by atoms with van der Waals surface area (Å²) in [7, 11) is 0. The van der Waals surface area contributed by atoms with Crippen LogP contribution in [0, 0.1) is 6.92 Å². The van der Waals surface area contributed by atoms with E-state index in [0.29, 0.717) is 0 Å². The number of nitrogens with two attached hydrogens (primary N) is 1. The molecule has 0 aromatic heterocycles. The number of fused-ring (bicyclic) bond motifs is 1. The van der Waals surface area contributed by atoms with Crippen LogP contribution in [0.4, 0.5) is 0 Å². The minimum atomic E-state index is 0.167. The Labute approximate surface area is 126 Å². The molecular formula is C19H23NO. The Morgan fingerprint density at radius 2 is 1.90 bits per heavy atom. The van der Waals surface area contributed by atoms with Crippen LogP contribution in [0.2, 0.25) is 0 Å². The van der Waals surface area contributed by atoms with Crippen LogP contribution in [-0.4, -0.2) is 6.04 Å². The predicted octanol–water partition coefficient (Wildman–Crippen LogP) is 4.17. The summed E-state index contributed by atoms with van der Waals surface area (Å²) in [5.41, 5.74) is 11.2. The Morgan fingerprint density at radius 1 is 1.10 bits per heavy atom. The summed E-state index contributed by atoms with van der Waals surface area (Å²) in [5.74, 6) is 1.88. The van der Waals surface area contributed by atoms with Gasteiger partial charge in [-0.25, -0.2) is 0 Å². The lowest BCUT2D eigenvalue weighted by Crippen LogP contribution is -2.17. The maximum absolute atomic E-state index is 6.12. The van der Waals surface area contributed by atoms with Crippen molar-refractivity contribution in [2.45, 2.75) is 45.6 Å². The highest BCUT2D eigenvalue weighted by Crippen LogP contribution is 2.31. The maximum Gasteiger partial charge on any atom is 0.130 e. The first-order valence-corrected chi connectivity index (χ1v) is 7.76. The lowest BCUT2D eigenvalue weighted by Gasteiger charge is -2.13. The average Bonchev–Trinajstić information content (AvgIpc) is 2.89. The second-order valence-corrected chi connectivity index (χ2v) is 6.17. The Hall–Kier alpha value is -1.80. The van der Waals surface area contributed by atoms with Crippen LogP contribution < -0.4 is 10.5 Å². The summed E-state index contributed by atoms with van der Waals surface area (Å²) in [6.07, 6.45) is 4.53. The van der Waals surface area contributed by atoms with E-state index in [2.05, 4.69) is 43.3 Å². The molecule has 1 aliphatic rings. The van der Waals surface area contributed by atoms with Gasteiger partial charge in [0.1, 0.15) is 11.5 Å². The largest absolute Gasteiger partial charge is 0.457 e. The van der Waals surface area contributed by atoms with Gasteiger partial charge in [0.15, 0.2) is 0 Å². The van der Waals surface area contributed by atoms with Crippen LogP contribution in [0.15, 0.2) is 36.4 Å². The zero-order valence-corrected chi connectivity index (χ0v) is 12.9. The molecule has 0 heterocycles. The normalized spacial score (nSPS) is 14.8. The highest BCUT2D eigenvalue weighted by atomic mass is 16.5. The molecule has 2 aromatic rings. The first-order valence-electron chi connectivity index (χ1n) is 7.76. The first kappa shape index (κ1) is 14.2. The van der Waals surface area contributed by atoms with Crippen molar-refractivity contribution in [2.75, 3.05) is 0 Å². The molecular weight excluding hydrogens is 258 g/mol. The van der Waals surface area contributed by atoms with E-state index in [9.17, 15) is 0 Å². The van der Waals surface area contributed by atoms with Crippen LogP contribution >= 0.6 is 0 Å². The van der Waals surface area contributed by atoms with Crippen LogP contribution in [0.3, 0.4) is 0 Å². The van der Waals surface area contributed by atoms with Gasteiger partial charge in [0.25, 0.3) is 0 Å². The van der Waals surface area contributed by atoms with Crippen molar-refractivity contribution in [2.24, 2.45) is 5.73 Å². The summed E-state index contributed by atoms with van der Waals surface area (Å²) < 4.78 is 6.12. The molecule has 2 N–H and O–H groups in total. The molecule has 0 radical (unpaired) electrons. The highest BCUT2D eigenvalue weighted by molar-refractivity contribution is 5.43. The molecule has 1 aliphatic carbocycles. The lowest BCUT2D eigenvalue weighted by atomic mass is 10.1. The molecule has 2 nitrogen and oxygen atoms in total. The van der Waals surface area contributed by atoms with E-state index < -0.39 is 0 Å². The summed E-state index contributed by atoms with van der Waals surface area (Å²) >= 11 is 0. The van der Waals surface area contributed by atoms with Crippen molar-refractivity contribution in [3.8, 4) is 11.5 Å². The van der Waals surface area contributed by atoms with Gasteiger partial charge in [-0.2, -0.15) is 0 Å². The van der Waals surface area contributed by atoms with Gasteiger partial charge in [-0.05, 0) is 80.0 Å². The van der Waals surface area contributed by atoms with Crippen molar-refractivity contribution in [1.29, 1.82) is 0 Å². The number of benzene rings is 2. The topological polar surface area (TPSA) is 35.2 Å². The van der Waals surface area contributed by atoms with E-state index >= 15 is 0 Å². The second kappa shape index (κ2) is 5.90. The smallest absolute Gasteiger partial charge is 0.130 e. The summed E-state index contributed by atoms with van der Waals surface area (Å²) in [6, 6.07) is 13.0. The van der Waals surface area contributed by atoms with Crippen molar-refractivity contribution < 1.29 is 4.74 Å². The number of rotatable bonds is 4. The fourth-order valence-corrected chi connectivity index (χ4v) is 2.99. The molecule has 3 rings (SSSR count).